The summed E-state index contributed by atoms with van der Waals surface area (Å²) in [4.78, 5) is 0. The Morgan fingerprint density at radius 1 is 1.27 bits per heavy atom. The van der Waals surface area contributed by atoms with Crippen LogP contribution < -0.4 is 5.32 Å². The third-order valence-corrected chi connectivity index (χ3v) is 4.94. The minimum Gasteiger partial charge on any atom is -0.313 e. The third-order valence-electron chi connectivity index (χ3n) is 2.10. The number of hydrogen-bond acceptors (Lipinski definition) is 3. The van der Waals surface area contributed by atoms with Gasteiger partial charge in [0.1, 0.15) is 0 Å². The summed E-state index contributed by atoms with van der Waals surface area (Å²) >= 11 is 4.26. The normalized spacial score (nSPS) is 32.2. The van der Waals surface area contributed by atoms with E-state index in [0.717, 1.165) is 11.3 Å². The van der Waals surface area contributed by atoms with Crippen molar-refractivity contribution < 1.29 is 0 Å². The van der Waals surface area contributed by atoms with Crippen LogP contribution in [-0.2, 0) is 0 Å². The van der Waals surface area contributed by atoms with Crippen molar-refractivity contribution in [1.82, 2.24) is 5.32 Å². The fraction of sp³-hybridized carbons (Fsp3) is 1.00. The summed E-state index contributed by atoms with van der Waals surface area (Å²) in [7, 11) is 0. The monoisotopic (exact) mass is 189 g/mol. The van der Waals surface area contributed by atoms with Gasteiger partial charge in [0.2, 0.25) is 0 Å². The van der Waals surface area contributed by atoms with Crippen LogP contribution in [0, 0.1) is 0 Å². The fourth-order valence-corrected chi connectivity index (χ4v) is 3.86. The molecule has 1 atom stereocenters. The average Bonchev–Trinajstić information content (AvgIpc) is 2.86. The molecule has 2 rings (SSSR count). The summed E-state index contributed by atoms with van der Waals surface area (Å²) in [5, 5.41) is 4.49. The van der Waals surface area contributed by atoms with E-state index in [9.17, 15) is 0 Å². The lowest BCUT2D eigenvalue weighted by atomic mass is 10.4. The molecule has 1 nitrogen and oxygen atoms in total. The summed E-state index contributed by atoms with van der Waals surface area (Å²) in [5.74, 6) is 4.09. The first-order chi connectivity index (χ1) is 5.45. The predicted molar refractivity (Wildman–Crippen MR) is 54.6 cm³/mol. The summed E-state index contributed by atoms with van der Waals surface area (Å²) in [5.41, 5.74) is 0. The second-order valence-corrected chi connectivity index (χ2v) is 5.81. The van der Waals surface area contributed by atoms with Gasteiger partial charge in [0.15, 0.2) is 0 Å². The molecule has 1 saturated carbocycles. The van der Waals surface area contributed by atoms with Crippen LogP contribution in [0.3, 0.4) is 0 Å². The Bertz CT molecular complexity index is 119. The molecule has 1 aliphatic carbocycles. The van der Waals surface area contributed by atoms with Crippen LogP contribution in [-0.4, -0.2) is 35.1 Å². The van der Waals surface area contributed by atoms with E-state index in [2.05, 4.69) is 28.8 Å². The largest absolute Gasteiger partial charge is 0.313 e. The smallest absolute Gasteiger partial charge is 0.0263 e. The second-order valence-electron chi connectivity index (χ2n) is 3.25. The highest BCUT2D eigenvalue weighted by Gasteiger charge is 2.22. The lowest BCUT2D eigenvalue weighted by Crippen LogP contribution is -2.30. The quantitative estimate of drug-likeness (QED) is 0.724. The number of hydrogen-bond donors (Lipinski definition) is 1. The topological polar surface area (TPSA) is 12.0 Å². The number of thioether (sulfide) groups is 2. The van der Waals surface area contributed by atoms with Gasteiger partial charge >= 0.3 is 0 Å². The van der Waals surface area contributed by atoms with Gasteiger partial charge in [0.25, 0.3) is 0 Å². The van der Waals surface area contributed by atoms with Crippen LogP contribution in [0.15, 0.2) is 0 Å². The highest BCUT2D eigenvalue weighted by molar-refractivity contribution is 8.06. The zero-order valence-electron chi connectivity index (χ0n) is 6.71. The molecular weight excluding hydrogens is 174 g/mol. The van der Waals surface area contributed by atoms with E-state index in [1.54, 1.807) is 0 Å². The zero-order valence-corrected chi connectivity index (χ0v) is 8.35. The van der Waals surface area contributed by atoms with Gasteiger partial charge in [-0.05, 0) is 12.8 Å². The van der Waals surface area contributed by atoms with Crippen molar-refractivity contribution in [2.75, 3.05) is 23.8 Å². The lowest BCUT2D eigenvalue weighted by molar-refractivity contribution is 0.681. The SMILES string of the molecule is C1CSC(CNC2CC2)CS1. The van der Waals surface area contributed by atoms with Crippen LogP contribution in [0.4, 0.5) is 0 Å². The molecule has 64 valence electrons. The molecule has 11 heavy (non-hydrogen) atoms. The first kappa shape index (κ1) is 8.27. The average molecular weight is 189 g/mol. The number of rotatable bonds is 3. The molecule has 1 N–H and O–H groups in total. The molecule has 1 saturated heterocycles. The Labute approximate surface area is 77.1 Å². The Balaban J connectivity index is 1.59. The maximum Gasteiger partial charge on any atom is 0.0263 e. The van der Waals surface area contributed by atoms with Crippen LogP contribution >= 0.6 is 23.5 Å². The third kappa shape index (κ3) is 2.88. The molecule has 0 bridgehead atoms. The van der Waals surface area contributed by atoms with E-state index in [1.807, 2.05) is 0 Å². The van der Waals surface area contributed by atoms with Crippen molar-refractivity contribution in [1.29, 1.82) is 0 Å². The standard InChI is InChI=1S/C8H15NS2/c1-2-7(1)9-5-8-6-10-3-4-11-8/h7-9H,1-6H2. The molecule has 0 aromatic carbocycles. The maximum absolute atomic E-state index is 3.59. The second kappa shape index (κ2) is 4.06. The molecular formula is C8H15NS2. The lowest BCUT2D eigenvalue weighted by Gasteiger charge is -2.20. The molecule has 0 radical (unpaired) electrons. The van der Waals surface area contributed by atoms with Gasteiger partial charge in [-0.2, -0.15) is 23.5 Å². The minimum atomic E-state index is 0.891. The van der Waals surface area contributed by atoms with Gasteiger partial charge in [-0.15, -0.1) is 0 Å². The first-order valence-electron chi connectivity index (χ1n) is 4.38. The van der Waals surface area contributed by atoms with Crippen molar-refractivity contribution >= 4 is 23.5 Å². The van der Waals surface area contributed by atoms with E-state index in [1.165, 1.54) is 36.6 Å². The van der Waals surface area contributed by atoms with Crippen LogP contribution in [0.2, 0.25) is 0 Å². The van der Waals surface area contributed by atoms with Crippen LogP contribution in [0.1, 0.15) is 12.8 Å². The van der Waals surface area contributed by atoms with Gasteiger partial charge in [-0.25, -0.2) is 0 Å². The molecule has 1 unspecified atom stereocenters. The highest BCUT2D eigenvalue weighted by Crippen LogP contribution is 2.25. The van der Waals surface area contributed by atoms with Crippen molar-refractivity contribution in [3.8, 4) is 0 Å². The number of nitrogens with one attached hydrogen (secondary N) is 1. The van der Waals surface area contributed by atoms with E-state index in [4.69, 9.17) is 0 Å². The Hall–Kier alpha value is 0.660. The van der Waals surface area contributed by atoms with E-state index >= 15 is 0 Å². The van der Waals surface area contributed by atoms with Crippen molar-refractivity contribution in [3.05, 3.63) is 0 Å². The summed E-state index contributed by atoms with van der Waals surface area (Å²) in [6.45, 7) is 1.25. The molecule has 1 aliphatic heterocycles. The van der Waals surface area contributed by atoms with E-state index < -0.39 is 0 Å². The van der Waals surface area contributed by atoms with Gasteiger partial charge < -0.3 is 5.32 Å². The minimum absolute atomic E-state index is 0.891. The maximum atomic E-state index is 3.59. The van der Waals surface area contributed by atoms with Crippen molar-refractivity contribution in [3.63, 3.8) is 0 Å². The molecule has 0 spiro atoms. The van der Waals surface area contributed by atoms with Gasteiger partial charge in [-0.1, -0.05) is 0 Å². The van der Waals surface area contributed by atoms with Crippen molar-refractivity contribution in [2.24, 2.45) is 0 Å². The Morgan fingerprint density at radius 2 is 2.18 bits per heavy atom. The Morgan fingerprint density at radius 3 is 2.82 bits per heavy atom. The molecule has 2 fully saturated rings. The fourth-order valence-electron chi connectivity index (χ4n) is 1.24. The van der Waals surface area contributed by atoms with Gasteiger partial charge in [0.05, 0.1) is 0 Å². The highest BCUT2D eigenvalue weighted by atomic mass is 32.2. The Kier molecular flexibility index (Phi) is 3.05. The predicted octanol–water partition coefficient (Wildman–Crippen LogP) is 1.59. The molecule has 2 aliphatic rings. The molecule has 0 aromatic heterocycles. The zero-order chi connectivity index (χ0) is 7.52. The van der Waals surface area contributed by atoms with E-state index in [0.29, 0.717) is 0 Å². The summed E-state index contributed by atoms with van der Waals surface area (Å²) in [6.07, 6.45) is 2.84. The summed E-state index contributed by atoms with van der Waals surface area (Å²) < 4.78 is 0. The van der Waals surface area contributed by atoms with Gasteiger partial charge in [-0.3, -0.25) is 0 Å². The molecule has 1 heterocycles. The van der Waals surface area contributed by atoms with Gasteiger partial charge in [0, 0.05) is 35.1 Å². The molecule has 0 aromatic rings. The molecule has 0 amide bonds. The van der Waals surface area contributed by atoms with Crippen molar-refractivity contribution in [2.45, 2.75) is 24.1 Å². The molecule has 3 heteroatoms. The van der Waals surface area contributed by atoms with Crippen LogP contribution in [0.5, 0.6) is 0 Å². The summed E-state index contributed by atoms with van der Waals surface area (Å²) in [6, 6.07) is 0.891. The van der Waals surface area contributed by atoms with Crippen LogP contribution in [0.25, 0.3) is 0 Å². The first-order valence-corrected chi connectivity index (χ1v) is 6.58. The van der Waals surface area contributed by atoms with E-state index in [-0.39, 0.29) is 0 Å².